The molecule has 4 rings (SSSR count). The van der Waals surface area contributed by atoms with Gasteiger partial charge in [0, 0.05) is 18.5 Å². The van der Waals surface area contributed by atoms with Gasteiger partial charge in [-0.2, -0.15) is 0 Å². The molecule has 0 aliphatic heterocycles. The van der Waals surface area contributed by atoms with E-state index in [2.05, 4.69) is 15.5 Å². The summed E-state index contributed by atoms with van der Waals surface area (Å²) in [5, 5.41) is 7.62. The second-order valence-electron chi connectivity index (χ2n) is 6.88. The van der Waals surface area contributed by atoms with Gasteiger partial charge in [0.05, 0.1) is 11.1 Å². The summed E-state index contributed by atoms with van der Waals surface area (Å²) in [7, 11) is 0. The Balaban J connectivity index is 1.53. The van der Waals surface area contributed by atoms with Crippen LogP contribution < -0.4 is 10.9 Å². The molecule has 0 spiro atoms. The molecule has 1 amide bonds. The number of aryl methyl sites for hydroxylation is 1. The molecule has 0 aliphatic rings. The van der Waals surface area contributed by atoms with E-state index in [4.69, 9.17) is 16.1 Å². The SMILES string of the molecule is C[C@@H](NC(=O)CCn1cnc2onc(-c3ccccc3Cl)c2c1=O)c1ccccc1. The van der Waals surface area contributed by atoms with E-state index < -0.39 is 0 Å². The first-order chi connectivity index (χ1) is 14.5. The summed E-state index contributed by atoms with van der Waals surface area (Å²) in [4.78, 5) is 29.5. The molecule has 152 valence electrons. The van der Waals surface area contributed by atoms with Crippen LogP contribution in [0.25, 0.3) is 22.4 Å². The quantitative estimate of drug-likeness (QED) is 0.507. The van der Waals surface area contributed by atoms with Crippen LogP contribution in [0.15, 0.2) is 70.2 Å². The summed E-state index contributed by atoms with van der Waals surface area (Å²) >= 11 is 6.25. The number of hydrogen-bond donors (Lipinski definition) is 1. The minimum Gasteiger partial charge on any atom is -0.350 e. The summed E-state index contributed by atoms with van der Waals surface area (Å²) in [6.45, 7) is 2.10. The van der Waals surface area contributed by atoms with Gasteiger partial charge in [-0.1, -0.05) is 65.3 Å². The average molecular weight is 423 g/mol. The van der Waals surface area contributed by atoms with Gasteiger partial charge in [-0.3, -0.25) is 14.2 Å². The fourth-order valence-electron chi connectivity index (χ4n) is 3.24. The number of amides is 1. The standard InChI is InChI=1S/C22H19ClN4O3/c1-14(15-7-3-2-4-8-15)25-18(28)11-12-27-13-24-21-19(22(27)29)20(26-30-21)16-9-5-6-10-17(16)23/h2-10,13-14H,11-12H2,1H3,(H,25,28)/t14-/m1/s1. The van der Waals surface area contributed by atoms with E-state index in [-0.39, 0.29) is 41.6 Å². The van der Waals surface area contributed by atoms with Gasteiger partial charge in [0.15, 0.2) is 0 Å². The molecule has 1 atom stereocenters. The van der Waals surface area contributed by atoms with Crippen LogP contribution in [-0.4, -0.2) is 20.6 Å². The van der Waals surface area contributed by atoms with Crippen molar-refractivity contribution in [3.63, 3.8) is 0 Å². The molecule has 1 N–H and O–H groups in total. The first-order valence-electron chi connectivity index (χ1n) is 9.48. The van der Waals surface area contributed by atoms with Crippen molar-refractivity contribution in [2.75, 3.05) is 0 Å². The number of aromatic nitrogens is 3. The maximum absolute atomic E-state index is 13.0. The monoisotopic (exact) mass is 422 g/mol. The Kier molecular flexibility index (Phi) is 5.63. The van der Waals surface area contributed by atoms with Gasteiger partial charge < -0.3 is 9.84 Å². The van der Waals surface area contributed by atoms with Gasteiger partial charge in [-0.15, -0.1) is 0 Å². The Labute approximate surface area is 177 Å². The van der Waals surface area contributed by atoms with Gasteiger partial charge in [0.1, 0.15) is 17.4 Å². The van der Waals surface area contributed by atoms with Crippen molar-refractivity contribution in [2.45, 2.75) is 25.9 Å². The Morgan fingerprint density at radius 2 is 1.90 bits per heavy atom. The van der Waals surface area contributed by atoms with Crippen LogP contribution in [0.3, 0.4) is 0 Å². The average Bonchev–Trinajstić information content (AvgIpc) is 3.19. The van der Waals surface area contributed by atoms with Crippen molar-refractivity contribution in [3.8, 4) is 11.3 Å². The maximum atomic E-state index is 13.0. The Hall–Kier alpha value is -3.45. The highest BCUT2D eigenvalue weighted by Gasteiger charge is 2.19. The molecule has 2 aromatic carbocycles. The number of carbonyl (C=O) groups is 1. The van der Waals surface area contributed by atoms with Crippen LogP contribution in [-0.2, 0) is 11.3 Å². The smallest absolute Gasteiger partial charge is 0.266 e. The van der Waals surface area contributed by atoms with Crippen molar-refractivity contribution in [3.05, 3.63) is 81.9 Å². The molecule has 8 heteroatoms. The largest absolute Gasteiger partial charge is 0.350 e. The highest BCUT2D eigenvalue weighted by molar-refractivity contribution is 6.33. The van der Waals surface area contributed by atoms with Gasteiger partial charge >= 0.3 is 0 Å². The Morgan fingerprint density at radius 3 is 2.67 bits per heavy atom. The summed E-state index contributed by atoms with van der Waals surface area (Å²) in [6, 6.07) is 16.6. The van der Waals surface area contributed by atoms with E-state index in [1.807, 2.05) is 37.3 Å². The molecule has 0 bridgehead atoms. The zero-order valence-electron chi connectivity index (χ0n) is 16.2. The normalized spacial score (nSPS) is 12.1. The Bertz CT molecular complexity index is 1250. The number of hydrogen-bond acceptors (Lipinski definition) is 5. The molecular formula is C22H19ClN4O3. The lowest BCUT2D eigenvalue weighted by Gasteiger charge is -2.14. The number of rotatable bonds is 6. The molecule has 0 saturated heterocycles. The number of nitrogens with zero attached hydrogens (tertiary/aromatic N) is 3. The molecule has 2 aromatic heterocycles. The molecule has 2 heterocycles. The maximum Gasteiger partial charge on any atom is 0.266 e. The van der Waals surface area contributed by atoms with Crippen molar-refractivity contribution < 1.29 is 9.32 Å². The molecule has 7 nitrogen and oxygen atoms in total. The first-order valence-corrected chi connectivity index (χ1v) is 9.86. The predicted molar refractivity (Wildman–Crippen MR) is 114 cm³/mol. The minimum absolute atomic E-state index is 0.124. The van der Waals surface area contributed by atoms with Crippen LogP contribution in [0.2, 0.25) is 5.02 Å². The van der Waals surface area contributed by atoms with Crippen LogP contribution in [0.5, 0.6) is 0 Å². The number of carbonyl (C=O) groups excluding carboxylic acids is 1. The molecule has 4 aromatic rings. The molecule has 0 unspecified atom stereocenters. The molecule has 0 radical (unpaired) electrons. The molecule has 0 aliphatic carbocycles. The summed E-state index contributed by atoms with van der Waals surface area (Å²) in [6.07, 6.45) is 1.50. The number of nitrogens with one attached hydrogen (secondary N) is 1. The molecular weight excluding hydrogens is 404 g/mol. The van der Waals surface area contributed by atoms with Crippen molar-refractivity contribution in [1.29, 1.82) is 0 Å². The minimum atomic E-state index is -0.333. The lowest BCUT2D eigenvalue weighted by atomic mass is 10.1. The zero-order valence-corrected chi connectivity index (χ0v) is 17.0. The van der Waals surface area contributed by atoms with E-state index in [0.717, 1.165) is 5.56 Å². The fraction of sp³-hybridized carbons (Fsp3) is 0.182. The van der Waals surface area contributed by atoms with E-state index in [1.165, 1.54) is 10.9 Å². The fourth-order valence-corrected chi connectivity index (χ4v) is 3.46. The number of fused-ring (bicyclic) bond motifs is 1. The van der Waals surface area contributed by atoms with Crippen molar-refractivity contribution in [1.82, 2.24) is 20.0 Å². The third kappa shape index (κ3) is 3.97. The molecule has 0 fully saturated rings. The van der Waals surface area contributed by atoms with Gasteiger partial charge in [0.2, 0.25) is 5.91 Å². The van der Waals surface area contributed by atoms with Gasteiger partial charge in [-0.25, -0.2) is 4.98 Å². The molecule has 0 saturated carbocycles. The third-order valence-corrected chi connectivity index (χ3v) is 5.18. The van der Waals surface area contributed by atoms with E-state index in [1.54, 1.807) is 24.3 Å². The number of benzene rings is 2. The van der Waals surface area contributed by atoms with Crippen LogP contribution in [0.1, 0.15) is 24.9 Å². The lowest BCUT2D eigenvalue weighted by Crippen LogP contribution is -2.29. The summed E-state index contributed by atoms with van der Waals surface area (Å²) in [5.41, 5.74) is 1.74. The first kappa shape index (κ1) is 19.8. The number of halogens is 1. The second-order valence-corrected chi connectivity index (χ2v) is 7.29. The topological polar surface area (TPSA) is 90.0 Å². The highest BCUT2D eigenvalue weighted by atomic mass is 35.5. The van der Waals surface area contributed by atoms with E-state index in [9.17, 15) is 9.59 Å². The second kappa shape index (κ2) is 8.51. The zero-order chi connectivity index (χ0) is 21.1. The van der Waals surface area contributed by atoms with Crippen LogP contribution in [0, 0.1) is 0 Å². The molecule has 30 heavy (non-hydrogen) atoms. The summed E-state index contributed by atoms with van der Waals surface area (Å²) in [5.74, 6) is -0.157. The van der Waals surface area contributed by atoms with Crippen LogP contribution in [0.4, 0.5) is 0 Å². The third-order valence-electron chi connectivity index (χ3n) is 4.85. The van der Waals surface area contributed by atoms with E-state index in [0.29, 0.717) is 16.3 Å². The van der Waals surface area contributed by atoms with Crippen LogP contribution >= 0.6 is 11.6 Å². The van der Waals surface area contributed by atoms with E-state index >= 15 is 0 Å². The highest BCUT2D eigenvalue weighted by Crippen LogP contribution is 2.30. The summed E-state index contributed by atoms with van der Waals surface area (Å²) < 4.78 is 6.59. The van der Waals surface area contributed by atoms with Gasteiger partial charge in [-0.05, 0) is 18.6 Å². The lowest BCUT2D eigenvalue weighted by molar-refractivity contribution is -0.121. The Morgan fingerprint density at radius 1 is 1.17 bits per heavy atom. The van der Waals surface area contributed by atoms with Gasteiger partial charge in [0.25, 0.3) is 11.3 Å². The van der Waals surface area contributed by atoms with Crippen molar-refractivity contribution in [2.24, 2.45) is 0 Å². The van der Waals surface area contributed by atoms with Crippen molar-refractivity contribution >= 4 is 28.6 Å². The predicted octanol–water partition coefficient (Wildman–Crippen LogP) is 3.97.